The van der Waals surface area contributed by atoms with Gasteiger partial charge in [-0.15, -0.1) is 11.3 Å². The second-order valence-corrected chi connectivity index (χ2v) is 7.79. The molecule has 8 nitrogen and oxygen atoms in total. The Balaban J connectivity index is 1.54. The van der Waals surface area contributed by atoms with Gasteiger partial charge in [0.25, 0.3) is 5.56 Å². The molecule has 10 heteroatoms. The van der Waals surface area contributed by atoms with Crippen LogP contribution in [0.5, 0.6) is 17.2 Å². The van der Waals surface area contributed by atoms with Crippen molar-refractivity contribution in [3.63, 3.8) is 0 Å². The number of benzene rings is 2. The predicted molar refractivity (Wildman–Crippen MR) is 126 cm³/mol. The van der Waals surface area contributed by atoms with Gasteiger partial charge >= 0.3 is 0 Å². The van der Waals surface area contributed by atoms with E-state index < -0.39 is 5.56 Å². The first-order valence-corrected chi connectivity index (χ1v) is 10.7. The van der Waals surface area contributed by atoms with Gasteiger partial charge in [0.05, 0.1) is 30.9 Å². The van der Waals surface area contributed by atoms with Crippen LogP contribution in [0.4, 0.5) is 5.13 Å². The molecule has 2 aromatic heterocycles. The summed E-state index contributed by atoms with van der Waals surface area (Å²) in [6.45, 7) is 1.92. The average Bonchev–Trinajstić information content (AvgIpc) is 3.23. The van der Waals surface area contributed by atoms with Crippen LogP contribution in [-0.4, -0.2) is 28.1 Å². The Kier molecular flexibility index (Phi) is 6.48. The van der Waals surface area contributed by atoms with Crippen LogP contribution in [0.15, 0.2) is 70.0 Å². The highest BCUT2D eigenvalue weighted by atomic mass is 35.5. The lowest BCUT2D eigenvalue weighted by molar-refractivity contribution is 0.377. The minimum atomic E-state index is -0.485. The smallest absolute Gasteiger partial charge is 0.294 e. The maximum atomic E-state index is 12.7. The summed E-state index contributed by atoms with van der Waals surface area (Å²) in [5.74, 6) is 0.959. The van der Waals surface area contributed by atoms with Gasteiger partial charge in [-0.05, 0) is 42.8 Å². The minimum Gasteiger partial charge on any atom is -0.493 e. The molecule has 0 unspecified atom stereocenters. The summed E-state index contributed by atoms with van der Waals surface area (Å²) in [5, 5.41) is 10.9. The fourth-order valence-corrected chi connectivity index (χ4v) is 3.58. The summed E-state index contributed by atoms with van der Waals surface area (Å²) in [5.41, 5.74) is 4.71. The molecule has 0 aliphatic carbocycles. The molecule has 0 atom stereocenters. The van der Waals surface area contributed by atoms with Crippen molar-refractivity contribution in [1.82, 2.24) is 14.8 Å². The van der Waals surface area contributed by atoms with E-state index in [2.05, 4.69) is 20.6 Å². The van der Waals surface area contributed by atoms with Crippen LogP contribution < -0.4 is 20.5 Å². The second kappa shape index (κ2) is 9.63. The molecule has 0 saturated carbocycles. The number of thiazole rings is 1. The fourth-order valence-electron chi connectivity index (χ4n) is 2.78. The number of nitrogens with zero attached hydrogens (tertiary/aromatic N) is 4. The molecule has 162 valence electrons. The monoisotopic (exact) mass is 467 g/mol. The Morgan fingerprint density at radius 3 is 2.69 bits per heavy atom. The van der Waals surface area contributed by atoms with E-state index in [0.717, 1.165) is 11.3 Å². The third-order valence-electron chi connectivity index (χ3n) is 4.29. The molecule has 2 aromatic carbocycles. The number of halogens is 1. The largest absolute Gasteiger partial charge is 0.493 e. The van der Waals surface area contributed by atoms with E-state index in [1.54, 1.807) is 36.5 Å². The number of aromatic nitrogens is 3. The van der Waals surface area contributed by atoms with E-state index in [4.69, 9.17) is 21.1 Å². The summed E-state index contributed by atoms with van der Waals surface area (Å²) in [6, 6.07) is 14.2. The van der Waals surface area contributed by atoms with Crippen LogP contribution >= 0.6 is 22.9 Å². The summed E-state index contributed by atoms with van der Waals surface area (Å²) in [7, 11) is 1.52. The van der Waals surface area contributed by atoms with Gasteiger partial charge in [0, 0.05) is 5.38 Å². The number of aryl methyl sites for hydroxylation is 1. The summed E-state index contributed by atoms with van der Waals surface area (Å²) >= 11 is 7.75. The van der Waals surface area contributed by atoms with E-state index in [9.17, 15) is 4.79 Å². The lowest BCUT2D eigenvalue weighted by Gasteiger charge is -2.12. The molecule has 0 fully saturated rings. The van der Waals surface area contributed by atoms with Gasteiger partial charge in [-0.3, -0.25) is 10.2 Å². The molecule has 2 heterocycles. The fraction of sp³-hybridized carbons (Fsp3) is 0.0909. The van der Waals surface area contributed by atoms with E-state index >= 15 is 0 Å². The molecule has 0 amide bonds. The molecule has 0 saturated heterocycles. The first-order valence-electron chi connectivity index (χ1n) is 9.45. The Morgan fingerprint density at radius 2 is 1.97 bits per heavy atom. The Hall–Kier alpha value is -3.69. The van der Waals surface area contributed by atoms with Crippen molar-refractivity contribution in [2.75, 3.05) is 12.5 Å². The van der Waals surface area contributed by atoms with E-state index in [1.165, 1.54) is 29.3 Å². The predicted octanol–water partition coefficient (Wildman–Crippen LogP) is 4.90. The van der Waals surface area contributed by atoms with E-state index in [1.807, 2.05) is 30.5 Å². The maximum Gasteiger partial charge on any atom is 0.294 e. The third kappa shape index (κ3) is 4.79. The van der Waals surface area contributed by atoms with Gasteiger partial charge in [0.1, 0.15) is 0 Å². The van der Waals surface area contributed by atoms with Crippen LogP contribution in [0.2, 0.25) is 5.02 Å². The van der Waals surface area contributed by atoms with Gasteiger partial charge in [-0.1, -0.05) is 29.8 Å². The molecule has 1 N–H and O–H groups in total. The number of rotatable bonds is 7. The minimum absolute atomic E-state index is 0.0838. The number of hydrazone groups is 1. The standard InChI is InChI=1S/C22H18ClN5O3S/c1-14-13-32-22(26-14)27-24-11-15-8-9-17(18(10-15)30-2)31-19-12-25-28(21(29)20(19)23)16-6-4-3-5-7-16/h3-13H,1-2H3,(H,26,27). The Labute approximate surface area is 192 Å². The summed E-state index contributed by atoms with van der Waals surface area (Å²) in [4.78, 5) is 16.9. The Morgan fingerprint density at radius 1 is 1.16 bits per heavy atom. The van der Waals surface area contributed by atoms with Crippen molar-refractivity contribution in [3.05, 3.63) is 86.7 Å². The zero-order chi connectivity index (χ0) is 22.5. The van der Waals surface area contributed by atoms with Crippen molar-refractivity contribution in [1.29, 1.82) is 0 Å². The van der Waals surface area contributed by atoms with E-state index in [0.29, 0.717) is 22.3 Å². The third-order valence-corrected chi connectivity index (χ3v) is 5.50. The van der Waals surface area contributed by atoms with Gasteiger partial charge in [-0.25, -0.2) is 4.98 Å². The highest BCUT2D eigenvalue weighted by molar-refractivity contribution is 7.13. The number of ether oxygens (including phenoxy) is 2. The van der Waals surface area contributed by atoms with Gasteiger partial charge < -0.3 is 9.47 Å². The highest BCUT2D eigenvalue weighted by Gasteiger charge is 2.15. The van der Waals surface area contributed by atoms with Crippen LogP contribution in [0.25, 0.3) is 5.69 Å². The van der Waals surface area contributed by atoms with Crippen LogP contribution in [-0.2, 0) is 0 Å². The summed E-state index contributed by atoms with van der Waals surface area (Å²) < 4.78 is 12.5. The van der Waals surface area contributed by atoms with Crippen molar-refractivity contribution in [2.24, 2.45) is 5.10 Å². The number of anilines is 1. The molecule has 0 aliphatic rings. The van der Waals surface area contributed by atoms with Crippen molar-refractivity contribution < 1.29 is 9.47 Å². The number of hydrogen-bond donors (Lipinski definition) is 1. The summed E-state index contributed by atoms with van der Waals surface area (Å²) in [6.07, 6.45) is 3.03. The number of para-hydroxylation sites is 1. The van der Waals surface area contributed by atoms with Gasteiger partial charge in [0.2, 0.25) is 5.13 Å². The first-order chi connectivity index (χ1) is 15.5. The topological polar surface area (TPSA) is 90.6 Å². The first kappa shape index (κ1) is 21.5. The van der Waals surface area contributed by atoms with Crippen molar-refractivity contribution in [3.8, 4) is 22.9 Å². The second-order valence-electron chi connectivity index (χ2n) is 6.55. The molecular weight excluding hydrogens is 450 g/mol. The highest BCUT2D eigenvalue weighted by Crippen LogP contribution is 2.34. The average molecular weight is 468 g/mol. The lowest BCUT2D eigenvalue weighted by atomic mass is 10.2. The molecule has 32 heavy (non-hydrogen) atoms. The maximum absolute atomic E-state index is 12.7. The molecule has 0 bridgehead atoms. The van der Waals surface area contributed by atoms with Crippen LogP contribution in [0.3, 0.4) is 0 Å². The molecule has 4 rings (SSSR count). The van der Waals surface area contributed by atoms with Gasteiger partial charge in [0.15, 0.2) is 22.3 Å². The van der Waals surface area contributed by atoms with Gasteiger partial charge in [-0.2, -0.15) is 14.9 Å². The van der Waals surface area contributed by atoms with Crippen LogP contribution in [0, 0.1) is 6.92 Å². The zero-order valence-corrected chi connectivity index (χ0v) is 18.7. The van der Waals surface area contributed by atoms with Crippen molar-refractivity contribution in [2.45, 2.75) is 6.92 Å². The van der Waals surface area contributed by atoms with E-state index in [-0.39, 0.29) is 10.8 Å². The SMILES string of the molecule is COc1cc(C=NNc2nc(C)cs2)ccc1Oc1cnn(-c2ccccc2)c(=O)c1Cl. The number of hydrogen-bond acceptors (Lipinski definition) is 8. The number of methoxy groups -OCH3 is 1. The zero-order valence-electron chi connectivity index (χ0n) is 17.2. The molecule has 4 aromatic rings. The quantitative estimate of drug-likeness (QED) is 0.307. The van der Waals surface area contributed by atoms with Crippen molar-refractivity contribution >= 4 is 34.3 Å². The number of nitrogens with one attached hydrogen (secondary N) is 1. The van der Waals surface area contributed by atoms with Crippen LogP contribution in [0.1, 0.15) is 11.3 Å². The molecule has 0 radical (unpaired) electrons. The molecule has 0 spiro atoms. The lowest BCUT2D eigenvalue weighted by Crippen LogP contribution is -2.21. The molecule has 0 aliphatic heterocycles. The Bertz CT molecular complexity index is 1320. The normalized spacial score (nSPS) is 11.0. The molecular formula is C22H18ClN5O3S.